The lowest BCUT2D eigenvalue weighted by atomic mass is 10.0. The van der Waals surface area contributed by atoms with Crippen LogP contribution in [0.25, 0.3) is 0 Å². The van der Waals surface area contributed by atoms with Gasteiger partial charge in [0.2, 0.25) is 17.7 Å². The summed E-state index contributed by atoms with van der Waals surface area (Å²) < 4.78 is 0. The first-order valence-corrected chi connectivity index (χ1v) is 8.43. The number of carbonyl (C=O) groups is 4. The summed E-state index contributed by atoms with van der Waals surface area (Å²) in [6, 6.07) is -2.12. The summed E-state index contributed by atoms with van der Waals surface area (Å²) in [5.74, 6) is -3.37. The van der Waals surface area contributed by atoms with Gasteiger partial charge in [-0.15, -0.1) is 0 Å². The van der Waals surface area contributed by atoms with E-state index in [0.717, 1.165) is 0 Å². The molecule has 0 spiro atoms. The largest absolute Gasteiger partial charge is 0.480 e. The van der Waals surface area contributed by atoms with Gasteiger partial charge in [0, 0.05) is 6.54 Å². The molecular formula is C15H29N7O5. The molecule has 0 aromatic rings. The number of carbonyl (C=O) groups excluding carboxylic acids is 3. The van der Waals surface area contributed by atoms with Crippen molar-refractivity contribution in [3.63, 3.8) is 0 Å². The van der Waals surface area contributed by atoms with Crippen molar-refractivity contribution in [1.29, 1.82) is 0 Å². The Bertz CT molecular complexity index is 561. The number of amides is 3. The van der Waals surface area contributed by atoms with Crippen molar-refractivity contribution in [1.82, 2.24) is 16.0 Å². The van der Waals surface area contributed by atoms with E-state index in [4.69, 9.17) is 17.2 Å². The molecule has 3 amide bonds. The Hall–Kier alpha value is -2.89. The van der Waals surface area contributed by atoms with Crippen LogP contribution in [-0.2, 0) is 19.2 Å². The van der Waals surface area contributed by atoms with Crippen LogP contribution in [-0.4, -0.2) is 66.5 Å². The van der Waals surface area contributed by atoms with Gasteiger partial charge in [-0.3, -0.25) is 19.4 Å². The predicted molar refractivity (Wildman–Crippen MR) is 98.3 cm³/mol. The Kier molecular flexibility index (Phi) is 11.1. The van der Waals surface area contributed by atoms with Crippen LogP contribution in [0.15, 0.2) is 4.99 Å². The van der Waals surface area contributed by atoms with E-state index < -0.39 is 35.8 Å². The molecule has 12 nitrogen and oxygen atoms in total. The van der Waals surface area contributed by atoms with E-state index in [1.165, 1.54) is 0 Å². The Labute approximate surface area is 157 Å². The first-order valence-electron chi connectivity index (χ1n) is 8.43. The summed E-state index contributed by atoms with van der Waals surface area (Å²) in [5, 5.41) is 16.4. The fourth-order valence-corrected chi connectivity index (χ4v) is 2.03. The second kappa shape index (κ2) is 12.5. The third-order valence-electron chi connectivity index (χ3n) is 3.46. The van der Waals surface area contributed by atoms with Crippen LogP contribution >= 0.6 is 0 Å². The van der Waals surface area contributed by atoms with Gasteiger partial charge >= 0.3 is 5.97 Å². The van der Waals surface area contributed by atoms with Crippen molar-refractivity contribution in [3.05, 3.63) is 0 Å². The van der Waals surface area contributed by atoms with Gasteiger partial charge in [0.25, 0.3) is 0 Å². The van der Waals surface area contributed by atoms with Gasteiger partial charge in [-0.2, -0.15) is 0 Å². The van der Waals surface area contributed by atoms with Crippen molar-refractivity contribution >= 4 is 29.7 Å². The molecule has 0 saturated heterocycles. The number of carboxylic acid groups (broad SMARTS) is 1. The maximum atomic E-state index is 12.4. The zero-order valence-corrected chi connectivity index (χ0v) is 15.5. The normalized spacial score (nSPS) is 12.6. The van der Waals surface area contributed by atoms with Crippen LogP contribution in [0.4, 0.5) is 0 Å². The van der Waals surface area contributed by atoms with E-state index in [1.54, 1.807) is 13.8 Å². The molecule has 0 rings (SSSR count). The minimum Gasteiger partial charge on any atom is -0.480 e. The van der Waals surface area contributed by atoms with E-state index >= 15 is 0 Å². The summed E-state index contributed by atoms with van der Waals surface area (Å²) in [6.07, 6.45) is 0.460. The fraction of sp³-hybridized carbons (Fsp3) is 0.667. The maximum Gasteiger partial charge on any atom is 0.326 e. The maximum absolute atomic E-state index is 12.4. The molecule has 0 aliphatic rings. The molecule has 154 valence electrons. The molecule has 27 heavy (non-hydrogen) atoms. The van der Waals surface area contributed by atoms with Gasteiger partial charge in [-0.25, -0.2) is 4.79 Å². The Morgan fingerprint density at radius 1 is 1.07 bits per heavy atom. The number of carboxylic acids is 1. The lowest BCUT2D eigenvalue weighted by Gasteiger charge is -2.24. The molecule has 0 radical (unpaired) electrons. The van der Waals surface area contributed by atoms with Gasteiger partial charge in [-0.05, 0) is 18.8 Å². The third-order valence-corrected chi connectivity index (χ3v) is 3.46. The lowest BCUT2D eigenvalue weighted by molar-refractivity contribution is -0.142. The number of nitrogens with one attached hydrogen (secondary N) is 3. The highest BCUT2D eigenvalue weighted by molar-refractivity contribution is 5.92. The Morgan fingerprint density at radius 2 is 1.70 bits per heavy atom. The van der Waals surface area contributed by atoms with Crippen molar-refractivity contribution in [3.8, 4) is 0 Å². The highest BCUT2D eigenvalue weighted by atomic mass is 16.4. The lowest BCUT2D eigenvalue weighted by Crippen LogP contribution is -2.55. The highest BCUT2D eigenvalue weighted by Gasteiger charge is 2.28. The predicted octanol–water partition coefficient (Wildman–Crippen LogP) is -3.17. The highest BCUT2D eigenvalue weighted by Crippen LogP contribution is 2.05. The van der Waals surface area contributed by atoms with Crippen molar-refractivity contribution < 1.29 is 24.3 Å². The van der Waals surface area contributed by atoms with E-state index in [1.807, 2.05) is 0 Å². The Morgan fingerprint density at radius 3 is 2.19 bits per heavy atom. The zero-order valence-electron chi connectivity index (χ0n) is 15.5. The summed E-state index contributed by atoms with van der Waals surface area (Å²) in [6.45, 7) is 3.01. The Balaban J connectivity index is 4.77. The second-order valence-electron chi connectivity index (χ2n) is 6.12. The van der Waals surface area contributed by atoms with Crippen LogP contribution in [0.2, 0.25) is 0 Å². The fourth-order valence-electron chi connectivity index (χ4n) is 2.03. The van der Waals surface area contributed by atoms with Gasteiger partial charge in [0.15, 0.2) is 5.96 Å². The molecule has 10 N–H and O–H groups in total. The molecule has 0 fully saturated rings. The molecule has 0 aliphatic heterocycles. The minimum atomic E-state index is -1.21. The molecule has 2 atom stereocenters. The monoisotopic (exact) mass is 387 g/mol. The van der Waals surface area contributed by atoms with Gasteiger partial charge in [-0.1, -0.05) is 13.8 Å². The topological polar surface area (TPSA) is 215 Å². The molecule has 0 aromatic heterocycles. The first kappa shape index (κ1) is 24.1. The minimum absolute atomic E-state index is 0.102. The van der Waals surface area contributed by atoms with Crippen molar-refractivity contribution in [2.75, 3.05) is 19.6 Å². The number of aliphatic carboxylic acids is 1. The number of nitrogens with zero attached hydrogens (tertiary/aromatic N) is 1. The molecule has 0 bridgehead atoms. The van der Waals surface area contributed by atoms with E-state index in [-0.39, 0.29) is 37.9 Å². The van der Waals surface area contributed by atoms with Gasteiger partial charge < -0.3 is 38.3 Å². The summed E-state index contributed by atoms with van der Waals surface area (Å²) in [7, 11) is 0. The van der Waals surface area contributed by atoms with Crippen LogP contribution < -0.4 is 33.2 Å². The SMILES string of the molecule is CC(C)[C@H](NC(=O)CNC(=O)CN)C(=O)N[C@@H](CCCN=C(N)N)C(=O)O. The third kappa shape index (κ3) is 10.6. The number of aliphatic imine (C=N–C) groups is 1. The molecule has 0 heterocycles. The number of hydrogen-bond acceptors (Lipinski definition) is 6. The van der Waals surface area contributed by atoms with E-state index in [0.29, 0.717) is 6.42 Å². The van der Waals surface area contributed by atoms with Crippen LogP contribution in [0, 0.1) is 5.92 Å². The average molecular weight is 387 g/mol. The number of nitrogens with two attached hydrogens (primary N) is 3. The van der Waals surface area contributed by atoms with Crippen molar-refractivity contribution in [2.24, 2.45) is 28.1 Å². The van der Waals surface area contributed by atoms with Crippen LogP contribution in [0.5, 0.6) is 0 Å². The van der Waals surface area contributed by atoms with Crippen LogP contribution in [0.1, 0.15) is 26.7 Å². The van der Waals surface area contributed by atoms with E-state index in [9.17, 15) is 24.3 Å². The molecule has 0 unspecified atom stereocenters. The van der Waals surface area contributed by atoms with Crippen molar-refractivity contribution in [2.45, 2.75) is 38.8 Å². The smallest absolute Gasteiger partial charge is 0.326 e. The number of rotatable bonds is 12. The summed E-state index contributed by atoms with van der Waals surface area (Å²) in [5.41, 5.74) is 15.5. The molecule has 0 saturated carbocycles. The average Bonchev–Trinajstić information content (AvgIpc) is 2.59. The summed E-state index contributed by atoms with van der Waals surface area (Å²) in [4.78, 5) is 50.4. The molecule has 0 aromatic carbocycles. The number of guanidine groups is 1. The second-order valence-corrected chi connectivity index (χ2v) is 6.12. The van der Waals surface area contributed by atoms with E-state index in [2.05, 4.69) is 20.9 Å². The van der Waals surface area contributed by atoms with Gasteiger partial charge in [0.05, 0.1) is 13.1 Å². The molecule has 12 heteroatoms. The first-order chi connectivity index (χ1) is 12.6. The zero-order chi connectivity index (χ0) is 21.0. The van der Waals surface area contributed by atoms with Crippen LogP contribution in [0.3, 0.4) is 0 Å². The molecular weight excluding hydrogens is 358 g/mol. The number of hydrogen-bond donors (Lipinski definition) is 7. The summed E-state index contributed by atoms with van der Waals surface area (Å²) >= 11 is 0. The van der Waals surface area contributed by atoms with Gasteiger partial charge in [0.1, 0.15) is 12.1 Å². The standard InChI is InChI=1S/C15H29N7O5/c1-8(2)12(22-11(24)7-20-10(23)6-16)13(25)21-9(14(26)27)4-3-5-19-15(17)18/h8-9,12H,3-7,16H2,1-2H3,(H,20,23)(H,21,25)(H,22,24)(H,26,27)(H4,17,18,19)/t9-,12-/m0/s1. The molecule has 0 aliphatic carbocycles. The quantitative estimate of drug-likeness (QED) is 0.103.